The van der Waals surface area contributed by atoms with Crippen molar-refractivity contribution < 1.29 is 9.59 Å². The van der Waals surface area contributed by atoms with Crippen molar-refractivity contribution >= 4 is 22.6 Å². The van der Waals surface area contributed by atoms with Gasteiger partial charge in [-0.05, 0) is 24.6 Å². The quantitative estimate of drug-likeness (QED) is 0.467. The molecule has 1 aliphatic rings. The summed E-state index contributed by atoms with van der Waals surface area (Å²) in [6, 6.07) is 23.6. The molecular formula is C26H21N3O3. The highest BCUT2D eigenvalue weighted by molar-refractivity contribution is 6.03. The summed E-state index contributed by atoms with van der Waals surface area (Å²) in [5.74, 6) is -0.252. The zero-order valence-electron chi connectivity index (χ0n) is 17.5. The Hall–Kier alpha value is -4.06. The molecule has 32 heavy (non-hydrogen) atoms. The molecular weight excluding hydrogens is 402 g/mol. The summed E-state index contributed by atoms with van der Waals surface area (Å²) in [6.45, 7) is 1.93. The van der Waals surface area contributed by atoms with Gasteiger partial charge in [-0.3, -0.25) is 19.0 Å². The molecule has 4 aromatic rings. The van der Waals surface area contributed by atoms with Gasteiger partial charge in [0.1, 0.15) is 11.9 Å². The molecule has 6 nitrogen and oxygen atoms in total. The molecule has 2 heterocycles. The van der Waals surface area contributed by atoms with Gasteiger partial charge in [-0.1, -0.05) is 72.8 Å². The van der Waals surface area contributed by atoms with Crippen LogP contribution in [0.2, 0.25) is 0 Å². The highest BCUT2D eigenvalue weighted by atomic mass is 16.2. The number of amides is 1. The molecule has 0 N–H and O–H groups in total. The second-order valence-electron chi connectivity index (χ2n) is 7.92. The Labute approximate surface area is 184 Å². The third-order valence-corrected chi connectivity index (χ3v) is 5.92. The number of ketones is 1. The fourth-order valence-electron chi connectivity index (χ4n) is 4.32. The van der Waals surface area contributed by atoms with Crippen LogP contribution in [0.15, 0.2) is 89.7 Å². The predicted octanol–water partition coefficient (Wildman–Crippen LogP) is 3.92. The number of benzene rings is 3. The topological polar surface area (TPSA) is 72.3 Å². The van der Waals surface area contributed by atoms with Crippen LogP contribution in [-0.4, -0.2) is 26.1 Å². The fourth-order valence-corrected chi connectivity index (χ4v) is 4.32. The van der Waals surface area contributed by atoms with Crippen LogP contribution in [0.4, 0.5) is 0 Å². The number of carbonyl (C=O) groups is 2. The first-order valence-electron chi connectivity index (χ1n) is 10.5. The fraction of sp³-hybridized carbons (Fsp3) is 0.154. The summed E-state index contributed by atoms with van der Waals surface area (Å²) in [7, 11) is 0. The summed E-state index contributed by atoms with van der Waals surface area (Å²) < 4.78 is 1.39. The van der Waals surface area contributed by atoms with Crippen LogP contribution in [0.25, 0.3) is 10.9 Å². The van der Waals surface area contributed by atoms with Crippen LogP contribution in [0.1, 0.15) is 40.8 Å². The second-order valence-corrected chi connectivity index (χ2v) is 7.92. The third-order valence-electron chi connectivity index (χ3n) is 5.92. The first-order valence-corrected chi connectivity index (χ1v) is 10.5. The van der Waals surface area contributed by atoms with E-state index in [2.05, 4.69) is 0 Å². The predicted molar refractivity (Wildman–Crippen MR) is 121 cm³/mol. The minimum absolute atomic E-state index is 0.246. The SMILES string of the molecule is C[C@H]1C(=O)N(Cc2ccccc2)[C@@H](C(=O)c2ccccc2)c2nc3ccccc3c(=O)n21. The summed E-state index contributed by atoms with van der Waals surface area (Å²) in [6.07, 6.45) is 0. The standard InChI is InChI=1S/C26H21N3O3/c1-17-25(31)28(16-18-10-4-2-5-11-18)22(23(30)19-12-6-3-7-13-19)24-27-21-15-9-8-14-20(21)26(32)29(17)24/h2-15,17,22H,16H2,1H3/t17-,22-/m0/s1. The first-order chi connectivity index (χ1) is 15.6. The maximum absolute atomic E-state index is 13.7. The van der Waals surface area contributed by atoms with Crippen molar-refractivity contribution in [2.75, 3.05) is 0 Å². The van der Waals surface area contributed by atoms with E-state index in [0.29, 0.717) is 22.3 Å². The molecule has 0 bridgehead atoms. The highest BCUT2D eigenvalue weighted by Crippen LogP contribution is 2.34. The minimum atomic E-state index is -1.00. The molecule has 6 heteroatoms. The number of nitrogens with zero attached hydrogens (tertiary/aromatic N) is 3. The van der Waals surface area contributed by atoms with Crippen molar-refractivity contribution in [1.29, 1.82) is 0 Å². The van der Waals surface area contributed by atoms with Crippen LogP contribution >= 0.6 is 0 Å². The molecule has 0 unspecified atom stereocenters. The van der Waals surface area contributed by atoms with E-state index in [1.165, 1.54) is 4.57 Å². The number of fused-ring (bicyclic) bond motifs is 2. The lowest BCUT2D eigenvalue weighted by atomic mass is 9.97. The maximum atomic E-state index is 13.7. The molecule has 1 aromatic heterocycles. The number of aromatic nitrogens is 2. The lowest BCUT2D eigenvalue weighted by Crippen LogP contribution is -2.51. The number of hydrogen-bond donors (Lipinski definition) is 0. The number of hydrogen-bond acceptors (Lipinski definition) is 4. The molecule has 0 spiro atoms. The van der Waals surface area contributed by atoms with Crippen molar-refractivity contribution in [3.8, 4) is 0 Å². The van der Waals surface area contributed by atoms with Crippen molar-refractivity contribution in [3.05, 3.63) is 112 Å². The Morgan fingerprint density at radius 1 is 0.875 bits per heavy atom. The van der Waals surface area contributed by atoms with Crippen LogP contribution in [0.3, 0.4) is 0 Å². The van der Waals surface area contributed by atoms with Gasteiger partial charge in [-0.15, -0.1) is 0 Å². The largest absolute Gasteiger partial charge is 0.319 e. The molecule has 0 radical (unpaired) electrons. The van der Waals surface area contributed by atoms with Gasteiger partial charge in [-0.2, -0.15) is 0 Å². The van der Waals surface area contributed by atoms with Gasteiger partial charge >= 0.3 is 0 Å². The lowest BCUT2D eigenvalue weighted by molar-refractivity contribution is -0.139. The average molecular weight is 423 g/mol. The molecule has 1 aliphatic heterocycles. The van der Waals surface area contributed by atoms with Gasteiger partial charge in [0.15, 0.2) is 11.8 Å². The second kappa shape index (κ2) is 7.89. The molecule has 0 fully saturated rings. The van der Waals surface area contributed by atoms with Crippen LogP contribution in [0, 0.1) is 0 Å². The molecule has 0 saturated carbocycles. The van der Waals surface area contributed by atoms with E-state index >= 15 is 0 Å². The van der Waals surface area contributed by atoms with Gasteiger partial charge in [0, 0.05) is 12.1 Å². The van der Waals surface area contributed by atoms with E-state index in [4.69, 9.17) is 4.98 Å². The average Bonchev–Trinajstić information content (AvgIpc) is 2.83. The maximum Gasteiger partial charge on any atom is 0.262 e. The number of para-hydroxylation sites is 1. The van der Waals surface area contributed by atoms with Gasteiger partial charge in [-0.25, -0.2) is 4.98 Å². The zero-order chi connectivity index (χ0) is 22.2. The monoisotopic (exact) mass is 423 g/mol. The van der Waals surface area contributed by atoms with Crippen molar-refractivity contribution in [1.82, 2.24) is 14.5 Å². The number of Topliss-reactive ketones (excluding diaryl/α,β-unsaturated/α-hetero) is 1. The van der Waals surface area contributed by atoms with Crippen molar-refractivity contribution in [2.24, 2.45) is 0 Å². The van der Waals surface area contributed by atoms with Gasteiger partial charge < -0.3 is 4.90 Å². The van der Waals surface area contributed by atoms with Gasteiger partial charge in [0.2, 0.25) is 5.91 Å². The number of carbonyl (C=O) groups excluding carboxylic acids is 2. The molecule has 1 amide bonds. The Kier molecular flexibility index (Phi) is 4.90. The Balaban J connectivity index is 1.74. The Bertz CT molecular complexity index is 1380. The Morgan fingerprint density at radius 3 is 2.22 bits per heavy atom. The molecule has 0 saturated heterocycles. The first kappa shape index (κ1) is 19.9. The number of rotatable bonds is 4. The zero-order valence-corrected chi connectivity index (χ0v) is 17.5. The molecule has 158 valence electrons. The summed E-state index contributed by atoms with van der Waals surface area (Å²) >= 11 is 0. The molecule has 5 rings (SSSR count). The van der Waals surface area contributed by atoms with E-state index in [1.807, 2.05) is 36.4 Å². The van der Waals surface area contributed by atoms with E-state index in [9.17, 15) is 14.4 Å². The smallest absolute Gasteiger partial charge is 0.262 e. The highest BCUT2D eigenvalue weighted by Gasteiger charge is 2.43. The molecule has 3 aromatic carbocycles. The lowest BCUT2D eigenvalue weighted by Gasteiger charge is -2.39. The molecule has 2 atom stereocenters. The van der Waals surface area contributed by atoms with E-state index in [1.54, 1.807) is 60.4 Å². The minimum Gasteiger partial charge on any atom is -0.319 e. The summed E-state index contributed by atoms with van der Waals surface area (Å²) in [5.41, 5.74) is 1.56. The molecule has 0 aliphatic carbocycles. The van der Waals surface area contributed by atoms with Crippen LogP contribution in [0.5, 0.6) is 0 Å². The third kappa shape index (κ3) is 3.21. The summed E-state index contributed by atoms with van der Waals surface area (Å²) in [5, 5.41) is 0.429. The van der Waals surface area contributed by atoms with E-state index in [-0.39, 0.29) is 23.8 Å². The van der Waals surface area contributed by atoms with E-state index in [0.717, 1.165) is 5.56 Å². The van der Waals surface area contributed by atoms with Crippen molar-refractivity contribution in [2.45, 2.75) is 25.6 Å². The Morgan fingerprint density at radius 2 is 1.50 bits per heavy atom. The van der Waals surface area contributed by atoms with E-state index < -0.39 is 12.1 Å². The summed E-state index contributed by atoms with van der Waals surface area (Å²) in [4.78, 5) is 46.8. The van der Waals surface area contributed by atoms with Crippen molar-refractivity contribution in [3.63, 3.8) is 0 Å². The van der Waals surface area contributed by atoms with Crippen LogP contribution < -0.4 is 5.56 Å². The van der Waals surface area contributed by atoms with Gasteiger partial charge in [0.05, 0.1) is 10.9 Å². The van der Waals surface area contributed by atoms with Crippen LogP contribution in [-0.2, 0) is 11.3 Å². The van der Waals surface area contributed by atoms with Gasteiger partial charge in [0.25, 0.3) is 5.56 Å². The normalized spacial score (nSPS) is 17.9.